The van der Waals surface area contributed by atoms with Crippen LogP contribution in [0.2, 0.25) is 0 Å². The third kappa shape index (κ3) is 5.91. The Labute approximate surface area is 226 Å². The third-order valence-corrected chi connectivity index (χ3v) is 7.34. The van der Waals surface area contributed by atoms with Gasteiger partial charge < -0.3 is 29.8 Å². The van der Waals surface area contributed by atoms with Crippen LogP contribution in [0.5, 0.6) is 11.5 Å². The van der Waals surface area contributed by atoms with Gasteiger partial charge in [0, 0.05) is 29.4 Å². The van der Waals surface area contributed by atoms with E-state index in [-0.39, 0.29) is 23.7 Å². The maximum Gasteiger partial charge on any atom is 0.407 e. The summed E-state index contributed by atoms with van der Waals surface area (Å²) in [5.41, 5.74) is 3.18. The van der Waals surface area contributed by atoms with Gasteiger partial charge in [-0.05, 0) is 64.4 Å². The van der Waals surface area contributed by atoms with Crippen LogP contribution in [-0.4, -0.2) is 59.4 Å². The number of nitrogens with one attached hydrogen (secondary N) is 3. The lowest BCUT2D eigenvalue weighted by atomic mass is 9.91. The van der Waals surface area contributed by atoms with Gasteiger partial charge >= 0.3 is 6.09 Å². The van der Waals surface area contributed by atoms with Gasteiger partial charge in [-0.3, -0.25) is 4.79 Å². The second-order valence-electron chi connectivity index (χ2n) is 10.2. The Morgan fingerprint density at radius 1 is 1.05 bits per heavy atom. The highest BCUT2D eigenvalue weighted by Crippen LogP contribution is 2.39. The van der Waals surface area contributed by atoms with Gasteiger partial charge in [-0.25, -0.2) is 19.2 Å². The first-order chi connectivity index (χ1) is 18.9. The number of aromatic nitrogens is 3. The van der Waals surface area contributed by atoms with Gasteiger partial charge in [0.2, 0.25) is 0 Å². The SMILES string of the molecule is CCOC(=O)NC1CCC(NC(=O)c2c(C)[nH]c3c(-c4cc(OC)c(F)cc4OCC4CC4)ncnc23)CC1. The summed E-state index contributed by atoms with van der Waals surface area (Å²) in [4.78, 5) is 37.3. The Bertz CT molecular complexity index is 1360. The van der Waals surface area contributed by atoms with E-state index in [9.17, 15) is 14.0 Å². The van der Waals surface area contributed by atoms with Gasteiger partial charge in [0.25, 0.3) is 5.91 Å². The molecule has 2 saturated carbocycles. The minimum Gasteiger partial charge on any atom is -0.494 e. The summed E-state index contributed by atoms with van der Waals surface area (Å²) < 4.78 is 30.8. The van der Waals surface area contributed by atoms with E-state index in [1.54, 1.807) is 13.0 Å². The fraction of sp³-hybridized carbons (Fsp3) is 0.500. The number of hydrogen-bond acceptors (Lipinski definition) is 7. The number of carbonyl (C=O) groups is 2. The van der Waals surface area contributed by atoms with E-state index in [4.69, 9.17) is 14.2 Å². The molecule has 2 amide bonds. The molecule has 2 heterocycles. The van der Waals surface area contributed by atoms with E-state index in [0.717, 1.165) is 38.5 Å². The number of amides is 2. The van der Waals surface area contributed by atoms with Crippen LogP contribution in [0.15, 0.2) is 18.5 Å². The van der Waals surface area contributed by atoms with Crippen molar-refractivity contribution in [3.05, 3.63) is 35.5 Å². The van der Waals surface area contributed by atoms with E-state index in [1.807, 2.05) is 6.92 Å². The molecule has 11 heteroatoms. The predicted octanol–water partition coefficient (Wildman–Crippen LogP) is 4.66. The summed E-state index contributed by atoms with van der Waals surface area (Å²) in [7, 11) is 1.41. The van der Waals surface area contributed by atoms with Gasteiger partial charge in [-0.1, -0.05) is 0 Å². The van der Waals surface area contributed by atoms with Gasteiger partial charge in [0.15, 0.2) is 11.6 Å². The molecule has 2 fully saturated rings. The Morgan fingerprint density at radius 3 is 2.44 bits per heavy atom. The largest absolute Gasteiger partial charge is 0.494 e. The second-order valence-corrected chi connectivity index (χ2v) is 10.2. The number of halogens is 1. The third-order valence-electron chi connectivity index (χ3n) is 7.34. The van der Waals surface area contributed by atoms with E-state index in [2.05, 4.69) is 25.6 Å². The molecule has 1 aromatic carbocycles. The first-order valence-corrected chi connectivity index (χ1v) is 13.5. The zero-order chi connectivity index (χ0) is 27.5. The number of hydrogen-bond donors (Lipinski definition) is 3. The van der Waals surface area contributed by atoms with Gasteiger partial charge in [0.05, 0.1) is 31.4 Å². The van der Waals surface area contributed by atoms with E-state index in [0.29, 0.717) is 58.4 Å². The molecule has 3 aromatic rings. The number of carbonyl (C=O) groups excluding carboxylic acids is 2. The predicted molar refractivity (Wildman–Crippen MR) is 142 cm³/mol. The molecule has 208 valence electrons. The maximum atomic E-state index is 14.6. The van der Waals surface area contributed by atoms with E-state index < -0.39 is 11.9 Å². The Hall–Kier alpha value is -3.89. The van der Waals surface area contributed by atoms with Crippen LogP contribution in [0.25, 0.3) is 22.3 Å². The first-order valence-electron chi connectivity index (χ1n) is 13.5. The van der Waals surface area contributed by atoms with Crippen molar-refractivity contribution in [2.24, 2.45) is 5.92 Å². The molecule has 10 nitrogen and oxygen atoms in total. The van der Waals surface area contributed by atoms with E-state index >= 15 is 0 Å². The van der Waals surface area contributed by atoms with E-state index in [1.165, 1.54) is 19.5 Å². The van der Waals surface area contributed by atoms with Crippen molar-refractivity contribution >= 4 is 23.0 Å². The molecular weight excluding hydrogens is 505 g/mol. The number of ether oxygens (including phenoxy) is 3. The number of aromatic amines is 1. The molecule has 0 unspecified atom stereocenters. The average molecular weight is 540 g/mol. The van der Waals surface area contributed by atoms with Crippen molar-refractivity contribution in [2.75, 3.05) is 20.3 Å². The molecule has 0 bridgehead atoms. The van der Waals surface area contributed by atoms with Crippen molar-refractivity contribution in [3.63, 3.8) is 0 Å². The number of alkyl carbamates (subject to hydrolysis) is 1. The van der Waals surface area contributed by atoms with Crippen LogP contribution in [-0.2, 0) is 4.74 Å². The van der Waals surface area contributed by atoms with Gasteiger partial charge in [0.1, 0.15) is 23.3 Å². The topological polar surface area (TPSA) is 127 Å². The Balaban J connectivity index is 1.37. The number of rotatable bonds is 9. The van der Waals surface area contributed by atoms with Crippen LogP contribution >= 0.6 is 0 Å². The van der Waals surface area contributed by atoms with Crippen LogP contribution in [0.4, 0.5) is 9.18 Å². The van der Waals surface area contributed by atoms with Crippen LogP contribution in [0.3, 0.4) is 0 Å². The summed E-state index contributed by atoms with van der Waals surface area (Å²) in [6.45, 7) is 4.42. The highest BCUT2D eigenvalue weighted by molar-refractivity contribution is 6.09. The molecule has 39 heavy (non-hydrogen) atoms. The van der Waals surface area contributed by atoms with Crippen molar-refractivity contribution in [2.45, 2.75) is 64.5 Å². The van der Waals surface area contributed by atoms with Gasteiger partial charge in [-0.2, -0.15) is 0 Å². The van der Waals surface area contributed by atoms with Crippen LogP contribution in [0, 0.1) is 18.7 Å². The standard InChI is InChI=1S/C28H34FN5O5/c1-4-38-28(36)34-18-9-7-17(8-10-18)33-27(35)23-15(2)32-26-24(30-14-31-25(23)26)19-11-22(37-3)20(29)12-21(19)39-13-16-5-6-16/h11-12,14,16-18,32H,4-10,13H2,1-3H3,(H,33,35)(H,34,36). The number of H-pyrrole nitrogens is 1. The fourth-order valence-electron chi connectivity index (χ4n) is 5.07. The van der Waals surface area contributed by atoms with Crippen molar-refractivity contribution < 1.29 is 28.2 Å². The number of nitrogens with zero attached hydrogens (tertiary/aromatic N) is 2. The zero-order valence-corrected chi connectivity index (χ0v) is 22.4. The number of benzene rings is 1. The molecule has 5 rings (SSSR count). The van der Waals surface area contributed by atoms with Crippen LogP contribution < -0.4 is 20.1 Å². The second kappa shape index (κ2) is 11.5. The smallest absolute Gasteiger partial charge is 0.407 e. The molecular formula is C28H34FN5O5. The first kappa shape index (κ1) is 26.7. The molecule has 0 atom stereocenters. The zero-order valence-electron chi connectivity index (χ0n) is 22.4. The Morgan fingerprint density at radius 2 is 1.77 bits per heavy atom. The summed E-state index contributed by atoms with van der Waals surface area (Å²) in [6.07, 6.45) is 6.16. The van der Waals surface area contributed by atoms with Crippen LogP contribution in [0.1, 0.15) is 61.5 Å². The summed E-state index contributed by atoms with van der Waals surface area (Å²) in [6, 6.07) is 2.90. The maximum absolute atomic E-state index is 14.6. The Kier molecular flexibility index (Phi) is 7.85. The highest BCUT2D eigenvalue weighted by Gasteiger charge is 2.28. The normalized spacial score (nSPS) is 19.0. The van der Waals surface area contributed by atoms with Crippen molar-refractivity contribution in [1.82, 2.24) is 25.6 Å². The quantitative estimate of drug-likeness (QED) is 0.361. The molecule has 0 spiro atoms. The number of aryl methyl sites for hydroxylation is 1. The number of methoxy groups -OCH3 is 1. The lowest BCUT2D eigenvalue weighted by molar-refractivity contribution is 0.0922. The summed E-state index contributed by atoms with van der Waals surface area (Å²) in [5.74, 6) is 0.170. The molecule has 0 radical (unpaired) electrons. The number of fused-ring (bicyclic) bond motifs is 1. The lowest BCUT2D eigenvalue weighted by Crippen LogP contribution is -2.44. The minimum absolute atomic E-state index is 0.0211. The van der Waals surface area contributed by atoms with Crippen molar-refractivity contribution in [1.29, 1.82) is 0 Å². The summed E-state index contributed by atoms with van der Waals surface area (Å²) >= 11 is 0. The molecule has 2 aromatic heterocycles. The van der Waals surface area contributed by atoms with Gasteiger partial charge in [-0.15, -0.1) is 0 Å². The minimum atomic E-state index is -0.521. The highest BCUT2D eigenvalue weighted by atomic mass is 19.1. The fourth-order valence-corrected chi connectivity index (χ4v) is 5.07. The molecule has 0 saturated heterocycles. The summed E-state index contributed by atoms with van der Waals surface area (Å²) in [5, 5.41) is 6.00. The molecule has 3 N–H and O–H groups in total. The average Bonchev–Trinajstić information content (AvgIpc) is 3.68. The molecule has 0 aliphatic heterocycles. The molecule has 2 aliphatic carbocycles. The lowest BCUT2D eigenvalue weighted by Gasteiger charge is -2.29. The monoisotopic (exact) mass is 539 g/mol. The molecule has 2 aliphatic rings. The van der Waals surface area contributed by atoms with Crippen molar-refractivity contribution in [3.8, 4) is 22.8 Å².